The molecule has 1 aromatic carbocycles. The molecular formula is C17H18N2O. The molecule has 1 unspecified atom stereocenters. The Morgan fingerprint density at radius 2 is 2.15 bits per heavy atom. The molecule has 3 heteroatoms. The second-order valence-corrected chi connectivity index (χ2v) is 5.26. The van der Waals surface area contributed by atoms with Crippen LogP contribution < -0.4 is 5.32 Å². The quantitative estimate of drug-likeness (QED) is 0.892. The number of nitrogens with zero attached hydrogens (tertiary/aromatic N) is 1. The molecule has 1 N–H and O–H groups in total. The predicted molar refractivity (Wildman–Crippen MR) is 80.4 cm³/mol. The standard InChI is InChI=1S/C17H18N2O/c1-19-11-14-9-5-6-10-15(14)16(12-19)18-17(20)13-7-3-2-4-8-13/h2-7,9-10,12-13H,8,11H2,1H3,(H,18,20). The SMILES string of the molecule is CN1C=C(NC(=O)C2C=CC=CC2)c2ccccc2C1. The molecule has 3 nitrogen and oxygen atoms in total. The van der Waals surface area contributed by atoms with Gasteiger partial charge in [0.05, 0.1) is 11.6 Å². The molecule has 1 aromatic rings. The minimum atomic E-state index is -0.0692. The second-order valence-electron chi connectivity index (χ2n) is 5.26. The smallest absolute Gasteiger partial charge is 0.231 e. The van der Waals surface area contributed by atoms with Crippen LogP contribution in [0.4, 0.5) is 0 Å². The van der Waals surface area contributed by atoms with Crippen molar-refractivity contribution >= 4 is 11.6 Å². The highest BCUT2D eigenvalue weighted by molar-refractivity contribution is 5.90. The van der Waals surface area contributed by atoms with Crippen molar-refractivity contribution < 1.29 is 4.79 Å². The van der Waals surface area contributed by atoms with Gasteiger partial charge < -0.3 is 10.2 Å². The lowest BCUT2D eigenvalue weighted by Gasteiger charge is -2.26. The first-order valence-electron chi connectivity index (χ1n) is 6.88. The minimum Gasteiger partial charge on any atom is -0.374 e. The van der Waals surface area contributed by atoms with Gasteiger partial charge in [-0.3, -0.25) is 4.79 Å². The first kappa shape index (κ1) is 12.7. The molecule has 20 heavy (non-hydrogen) atoms. The molecular weight excluding hydrogens is 248 g/mol. The first-order valence-corrected chi connectivity index (χ1v) is 6.88. The van der Waals surface area contributed by atoms with Crippen LogP contribution in [0.25, 0.3) is 5.70 Å². The van der Waals surface area contributed by atoms with Crippen molar-refractivity contribution in [2.24, 2.45) is 5.92 Å². The van der Waals surface area contributed by atoms with E-state index in [2.05, 4.69) is 22.3 Å². The number of amides is 1. The van der Waals surface area contributed by atoms with Crippen LogP contribution in [0, 0.1) is 5.92 Å². The number of fused-ring (bicyclic) bond motifs is 1. The molecule has 0 bridgehead atoms. The third-order valence-electron chi connectivity index (χ3n) is 3.65. The summed E-state index contributed by atoms with van der Waals surface area (Å²) in [5.41, 5.74) is 3.25. The van der Waals surface area contributed by atoms with Crippen molar-refractivity contribution in [1.82, 2.24) is 10.2 Å². The summed E-state index contributed by atoms with van der Waals surface area (Å²) in [6.07, 6.45) is 10.7. The largest absolute Gasteiger partial charge is 0.374 e. The highest BCUT2D eigenvalue weighted by atomic mass is 16.1. The summed E-state index contributed by atoms with van der Waals surface area (Å²) in [5.74, 6) is -0.0118. The summed E-state index contributed by atoms with van der Waals surface area (Å²) < 4.78 is 0. The van der Waals surface area contributed by atoms with Crippen LogP contribution in [0.1, 0.15) is 17.5 Å². The molecule has 0 saturated carbocycles. The fraction of sp³-hybridized carbons (Fsp3) is 0.235. The Bertz CT molecular complexity index is 613. The van der Waals surface area contributed by atoms with Gasteiger partial charge in [-0.05, 0) is 12.0 Å². The lowest BCUT2D eigenvalue weighted by Crippen LogP contribution is -2.32. The van der Waals surface area contributed by atoms with Crippen molar-refractivity contribution in [3.63, 3.8) is 0 Å². The van der Waals surface area contributed by atoms with Gasteiger partial charge in [-0.15, -0.1) is 0 Å². The van der Waals surface area contributed by atoms with Gasteiger partial charge in [-0.2, -0.15) is 0 Å². The fourth-order valence-corrected chi connectivity index (χ4v) is 2.63. The number of hydrogen-bond donors (Lipinski definition) is 1. The van der Waals surface area contributed by atoms with E-state index in [9.17, 15) is 4.79 Å². The Hall–Kier alpha value is -2.29. The van der Waals surface area contributed by atoms with Crippen molar-refractivity contribution in [2.75, 3.05) is 7.05 Å². The maximum Gasteiger partial charge on any atom is 0.231 e. The van der Waals surface area contributed by atoms with Gasteiger partial charge in [0.1, 0.15) is 0 Å². The summed E-state index contributed by atoms with van der Waals surface area (Å²) in [6, 6.07) is 8.21. The third kappa shape index (κ3) is 2.52. The average molecular weight is 266 g/mol. The molecule has 1 aliphatic carbocycles. The van der Waals surface area contributed by atoms with E-state index < -0.39 is 0 Å². The Labute approximate surface area is 119 Å². The van der Waals surface area contributed by atoms with Gasteiger partial charge in [0.25, 0.3) is 0 Å². The van der Waals surface area contributed by atoms with Crippen molar-refractivity contribution in [2.45, 2.75) is 13.0 Å². The predicted octanol–water partition coefficient (Wildman–Crippen LogP) is 2.68. The van der Waals surface area contributed by atoms with Crippen molar-refractivity contribution in [1.29, 1.82) is 0 Å². The molecule has 102 valence electrons. The zero-order valence-electron chi connectivity index (χ0n) is 11.5. The van der Waals surface area contributed by atoms with Gasteiger partial charge in [-0.1, -0.05) is 48.6 Å². The summed E-state index contributed by atoms with van der Waals surface area (Å²) >= 11 is 0. The normalized spacial score (nSPS) is 20.4. The molecule has 3 rings (SSSR count). The van der Waals surface area contributed by atoms with Crippen LogP contribution >= 0.6 is 0 Å². The van der Waals surface area contributed by atoms with Crippen LogP contribution in [0.5, 0.6) is 0 Å². The molecule has 0 fully saturated rings. The minimum absolute atomic E-state index is 0.0574. The maximum absolute atomic E-state index is 12.3. The number of rotatable bonds is 2. The number of carbonyl (C=O) groups excluding carboxylic acids is 1. The Morgan fingerprint density at radius 3 is 2.95 bits per heavy atom. The van der Waals surface area contributed by atoms with Crippen molar-refractivity contribution in [3.8, 4) is 0 Å². The molecule has 0 aromatic heterocycles. The van der Waals surface area contributed by atoms with Gasteiger partial charge in [-0.25, -0.2) is 0 Å². The Morgan fingerprint density at radius 1 is 1.30 bits per heavy atom. The average Bonchev–Trinajstić information content (AvgIpc) is 2.48. The number of benzene rings is 1. The van der Waals surface area contributed by atoms with Gasteiger partial charge in [0, 0.05) is 25.4 Å². The maximum atomic E-state index is 12.3. The van der Waals surface area contributed by atoms with E-state index in [-0.39, 0.29) is 11.8 Å². The molecule has 1 aliphatic heterocycles. The lowest BCUT2D eigenvalue weighted by molar-refractivity contribution is -0.122. The summed E-state index contributed by atoms with van der Waals surface area (Å²) in [6.45, 7) is 0.877. The van der Waals surface area contributed by atoms with E-state index in [1.54, 1.807) is 0 Å². The molecule has 0 saturated heterocycles. The zero-order valence-corrected chi connectivity index (χ0v) is 11.5. The van der Waals surface area contributed by atoms with Crippen molar-refractivity contribution in [3.05, 3.63) is 65.9 Å². The van der Waals surface area contributed by atoms with Crippen LogP contribution in [0.15, 0.2) is 54.8 Å². The lowest BCUT2D eigenvalue weighted by atomic mass is 9.98. The molecule has 2 aliphatic rings. The molecule has 1 atom stereocenters. The number of allylic oxidation sites excluding steroid dienone is 3. The number of nitrogens with one attached hydrogen (secondary N) is 1. The second kappa shape index (κ2) is 5.37. The van der Waals surface area contributed by atoms with Gasteiger partial charge in [0.15, 0.2) is 0 Å². The Kier molecular flexibility index (Phi) is 3.42. The van der Waals surface area contributed by atoms with E-state index in [4.69, 9.17) is 0 Å². The van der Waals surface area contributed by atoms with E-state index in [0.29, 0.717) is 0 Å². The highest BCUT2D eigenvalue weighted by Gasteiger charge is 2.20. The first-order chi connectivity index (χ1) is 9.74. The van der Waals surface area contributed by atoms with E-state index in [1.807, 2.05) is 49.7 Å². The van der Waals surface area contributed by atoms with Crippen LogP contribution in [0.3, 0.4) is 0 Å². The molecule has 1 heterocycles. The van der Waals surface area contributed by atoms with Crippen LogP contribution in [-0.2, 0) is 11.3 Å². The molecule has 0 spiro atoms. The van der Waals surface area contributed by atoms with Crippen LogP contribution in [0.2, 0.25) is 0 Å². The van der Waals surface area contributed by atoms with Crippen LogP contribution in [-0.4, -0.2) is 17.9 Å². The third-order valence-corrected chi connectivity index (χ3v) is 3.65. The number of carbonyl (C=O) groups is 1. The monoisotopic (exact) mass is 266 g/mol. The summed E-state index contributed by atoms with van der Waals surface area (Å²) in [5, 5.41) is 3.07. The van der Waals surface area contributed by atoms with Gasteiger partial charge in [0.2, 0.25) is 5.91 Å². The van der Waals surface area contributed by atoms with E-state index in [1.165, 1.54) is 5.56 Å². The summed E-state index contributed by atoms with van der Waals surface area (Å²) in [7, 11) is 2.02. The molecule has 1 amide bonds. The zero-order chi connectivity index (χ0) is 13.9. The fourth-order valence-electron chi connectivity index (χ4n) is 2.63. The van der Waals surface area contributed by atoms with E-state index >= 15 is 0 Å². The van der Waals surface area contributed by atoms with Gasteiger partial charge >= 0.3 is 0 Å². The Balaban J connectivity index is 1.81. The van der Waals surface area contributed by atoms with E-state index in [0.717, 1.165) is 24.2 Å². The number of hydrogen-bond acceptors (Lipinski definition) is 2. The summed E-state index contributed by atoms with van der Waals surface area (Å²) in [4.78, 5) is 14.4. The molecule has 0 radical (unpaired) electrons. The highest BCUT2D eigenvalue weighted by Crippen LogP contribution is 2.24. The topological polar surface area (TPSA) is 32.3 Å².